The SMILES string of the molecule is CCS(=O)(=O)CC(C)NCCCCCCO. The molecular weight excluding hydrogens is 226 g/mol. The Morgan fingerprint density at radius 3 is 2.38 bits per heavy atom. The van der Waals surface area contributed by atoms with Gasteiger partial charge in [0.15, 0.2) is 9.84 Å². The van der Waals surface area contributed by atoms with Gasteiger partial charge in [-0.25, -0.2) is 8.42 Å². The summed E-state index contributed by atoms with van der Waals surface area (Å²) in [5, 5.41) is 11.8. The molecule has 0 amide bonds. The highest BCUT2D eigenvalue weighted by Gasteiger charge is 2.12. The fourth-order valence-electron chi connectivity index (χ4n) is 1.50. The van der Waals surface area contributed by atoms with E-state index < -0.39 is 9.84 Å². The molecule has 16 heavy (non-hydrogen) atoms. The molecule has 5 heteroatoms. The second-order valence-corrected chi connectivity index (χ2v) is 6.59. The smallest absolute Gasteiger partial charge is 0.151 e. The van der Waals surface area contributed by atoms with Gasteiger partial charge in [-0.2, -0.15) is 0 Å². The van der Waals surface area contributed by atoms with Gasteiger partial charge in [-0.1, -0.05) is 19.8 Å². The van der Waals surface area contributed by atoms with Crippen LogP contribution in [0.4, 0.5) is 0 Å². The summed E-state index contributed by atoms with van der Waals surface area (Å²) >= 11 is 0. The predicted octanol–water partition coefficient (Wildman–Crippen LogP) is 0.952. The highest BCUT2D eigenvalue weighted by molar-refractivity contribution is 7.91. The van der Waals surface area contributed by atoms with Gasteiger partial charge in [0.25, 0.3) is 0 Å². The van der Waals surface area contributed by atoms with Crippen LogP contribution in [0.3, 0.4) is 0 Å². The van der Waals surface area contributed by atoms with Crippen molar-refractivity contribution in [1.82, 2.24) is 5.32 Å². The average Bonchev–Trinajstić information content (AvgIpc) is 2.22. The molecule has 98 valence electrons. The summed E-state index contributed by atoms with van der Waals surface area (Å²) in [5.74, 6) is 0.440. The average molecular weight is 251 g/mol. The van der Waals surface area contributed by atoms with Gasteiger partial charge in [0.05, 0.1) is 5.75 Å². The van der Waals surface area contributed by atoms with Gasteiger partial charge in [0.2, 0.25) is 0 Å². The number of unbranched alkanes of at least 4 members (excludes halogenated alkanes) is 3. The zero-order chi connectivity index (χ0) is 12.4. The molecule has 0 rings (SSSR count). The largest absolute Gasteiger partial charge is 0.396 e. The van der Waals surface area contributed by atoms with E-state index >= 15 is 0 Å². The molecule has 4 nitrogen and oxygen atoms in total. The Kier molecular flexibility index (Phi) is 8.89. The van der Waals surface area contributed by atoms with Gasteiger partial charge in [0, 0.05) is 18.4 Å². The summed E-state index contributed by atoms with van der Waals surface area (Å²) in [7, 11) is -2.87. The van der Waals surface area contributed by atoms with E-state index in [1.54, 1.807) is 6.92 Å². The summed E-state index contributed by atoms with van der Waals surface area (Å²) in [6, 6.07) is 0.0304. The van der Waals surface area contributed by atoms with Crippen molar-refractivity contribution in [2.45, 2.75) is 45.6 Å². The molecule has 0 heterocycles. The minimum absolute atomic E-state index is 0.0304. The van der Waals surface area contributed by atoms with E-state index in [-0.39, 0.29) is 24.2 Å². The lowest BCUT2D eigenvalue weighted by Gasteiger charge is -2.13. The summed E-state index contributed by atoms with van der Waals surface area (Å²) in [5.41, 5.74) is 0. The van der Waals surface area contributed by atoms with Crippen LogP contribution >= 0.6 is 0 Å². The van der Waals surface area contributed by atoms with Crippen molar-refractivity contribution in [3.05, 3.63) is 0 Å². The Morgan fingerprint density at radius 1 is 1.19 bits per heavy atom. The van der Waals surface area contributed by atoms with Gasteiger partial charge in [-0.3, -0.25) is 0 Å². The standard InChI is InChI=1S/C11H25NO3S/c1-3-16(14,15)10-11(2)12-8-6-4-5-7-9-13/h11-13H,3-10H2,1-2H3. The molecule has 0 aromatic heterocycles. The van der Waals surface area contributed by atoms with Crippen molar-refractivity contribution in [3.8, 4) is 0 Å². The van der Waals surface area contributed by atoms with Crippen LogP contribution < -0.4 is 5.32 Å². The third-order valence-corrected chi connectivity index (χ3v) is 4.41. The van der Waals surface area contributed by atoms with Crippen LogP contribution in [0.1, 0.15) is 39.5 Å². The predicted molar refractivity (Wildman–Crippen MR) is 67.3 cm³/mol. The summed E-state index contributed by atoms with van der Waals surface area (Å²) in [6.45, 7) is 4.70. The van der Waals surface area contributed by atoms with E-state index in [1.807, 2.05) is 6.92 Å². The van der Waals surface area contributed by atoms with E-state index in [9.17, 15) is 8.42 Å². The van der Waals surface area contributed by atoms with Gasteiger partial charge in [-0.15, -0.1) is 0 Å². The molecule has 0 aliphatic heterocycles. The van der Waals surface area contributed by atoms with E-state index in [2.05, 4.69) is 5.32 Å². The summed E-state index contributed by atoms with van der Waals surface area (Å²) < 4.78 is 22.6. The van der Waals surface area contributed by atoms with E-state index in [1.165, 1.54) is 0 Å². The van der Waals surface area contributed by atoms with Gasteiger partial charge in [0.1, 0.15) is 0 Å². The molecule has 1 atom stereocenters. The molecular formula is C11H25NO3S. The maximum atomic E-state index is 11.3. The van der Waals surface area contributed by atoms with Gasteiger partial charge < -0.3 is 10.4 Å². The van der Waals surface area contributed by atoms with Crippen molar-refractivity contribution in [2.75, 3.05) is 24.7 Å². The van der Waals surface area contributed by atoms with Crippen molar-refractivity contribution < 1.29 is 13.5 Å². The lowest BCUT2D eigenvalue weighted by atomic mass is 10.2. The minimum atomic E-state index is -2.87. The number of rotatable bonds is 10. The molecule has 2 N–H and O–H groups in total. The summed E-state index contributed by atoms with van der Waals surface area (Å²) in [6.07, 6.45) is 4.02. The fraction of sp³-hybridized carbons (Fsp3) is 1.00. The lowest BCUT2D eigenvalue weighted by molar-refractivity contribution is 0.282. The third kappa shape index (κ3) is 9.12. The Labute approximate surface area is 99.4 Å². The Bertz CT molecular complexity index is 252. The number of sulfone groups is 1. The first-order chi connectivity index (χ1) is 7.52. The van der Waals surface area contributed by atoms with Gasteiger partial charge >= 0.3 is 0 Å². The highest BCUT2D eigenvalue weighted by Crippen LogP contribution is 1.99. The molecule has 0 spiro atoms. The molecule has 0 fully saturated rings. The Hall–Kier alpha value is -0.130. The van der Waals surface area contributed by atoms with E-state index in [0.29, 0.717) is 0 Å². The Morgan fingerprint density at radius 2 is 1.81 bits per heavy atom. The molecule has 0 radical (unpaired) electrons. The molecule has 0 saturated carbocycles. The van der Waals surface area contributed by atoms with Crippen LogP contribution in [0, 0.1) is 0 Å². The third-order valence-electron chi connectivity index (χ3n) is 2.52. The van der Waals surface area contributed by atoms with Crippen LogP contribution in [-0.2, 0) is 9.84 Å². The van der Waals surface area contributed by atoms with Crippen LogP contribution in [0.15, 0.2) is 0 Å². The van der Waals surface area contributed by atoms with Crippen molar-refractivity contribution >= 4 is 9.84 Å². The topological polar surface area (TPSA) is 66.4 Å². The van der Waals surface area contributed by atoms with Crippen LogP contribution in [-0.4, -0.2) is 44.2 Å². The molecule has 0 aliphatic rings. The van der Waals surface area contributed by atoms with Crippen molar-refractivity contribution in [3.63, 3.8) is 0 Å². The first-order valence-electron chi connectivity index (χ1n) is 6.06. The second kappa shape index (κ2) is 8.96. The maximum Gasteiger partial charge on any atom is 0.151 e. The summed E-state index contributed by atoms with van der Waals surface area (Å²) in [4.78, 5) is 0. The first-order valence-corrected chi connectivity index (χ1v) is 7.88. The van der Waals surface area contributed by atoms with Crippen LogP contribution in [0.25, 0.3) is 0 Å². The Balaban J connectivity index is 3.48. The number of aliphatic hydroxyl groups excluding tert-OH is 1. The number of nitrogens with one attached hydrogen (secondary N) is 1. The van der Waals surface area contributed by atoms with Gasteiger partial charge in [-0.05, 0) is 26.3 Å². The molecule has 0 aromatic rings. The minimum Gasteiger partial charge on any atom is -0.396 e. The fourth-order valence-corrected chi connectivity index (χ4v) is 2.61. The van der Waals surface area contributed by atoms with E-state index in [0.717, 1.165) is 32.2 Å². The lowest BCUT2D eigenvalue weighted by Crippen LogP contribution is -2.34. The molecule has 0 saturated heterocycles. The number of aliphatic hydroxyl groups is 1. The molecule has 0 aliphatic carbocycles. The number of hydrogen-bond acceptors (Lipinski definition) is 4. The zero-order valence-electron chi connectivity index (χ0n) is 10.4. The van der Waals surface area contributed by atoms with Crippen molar-refractivity contribution in [1.29, 1.82) is 0 Å². The zero-order valence-corrected chi connectivity index (χ0v) is 11.2. The molecule has 0 bridgehead atoms. The first kappa shape index (κ1) is 15.9. The molecule has 1 unspecified atom stereocenters. The van der Waals surface area contributed by atoms with Crippen molar-refractivity contribution in [2.24, 2.45) is 0 Å². The monoisotopic (exact) mass is 251 g/mol. The molecule has 0 aromatic carbocycles. The normalized spacial score (nSPS) is 13.9. The van der Waals surface area contributed by atoms with Crippen LogP contribution in [0.5, 0.6) is 0 Å². The van der Waals surface area contributed by atoms with Crippen LogP contribution in [0.2, 0.25) is 0 Å². The number of hydrogen-bond donors (Lipinski definition) is 2. The van der Waals surface area contributed by atoms with E-state index in [4.69, 9.17) is 5.11 Å². The second-order valence-electron chi connectivity index (χ2n) is 4.19. The quantitative estimate of drug-likeness (QED) is 0.567. The maximum absolute atomic E-state index is 11.3. The highest BCUT2D eigenvalue weighted by atomic mass is 32.2.